The summed E-state index contributed by atoms with van der Waals surface area (Å²) in [6.45, 7) is 1.59. The molecular formula is C20H25N3O5S. The van der Waals surface area contributed by atoms with E-state index in [2.05, 4.69) is 0 Å². The van der Waals surface area contributed by atoms with Gasteiger partial charge < -0.3 is 9.64 Å². The fourth-order valence-corrected chi connectivity index (χ4v) is 5.14. The Morgan fingerprint density at radius 3 is 2.24 bits per heavy atom. The lowest BCUT2D eigenvalue weighted by atomic mass is 9.98. The SMILES string of the molecule is N#Cc1ccc(S(=O)(=O)N2CCC(C(=O)OCC(=O)N3CCCCC3)CC2)cc1. The number of ether oxygens (including phenoxy) is 1. The van der Waals surface area contributed by atoms with Gasteiger partial charge >= 0.3 is 5.97 Å². The number of amides is 1. The van der Waals surface area contributed by atoms with Crippen LogP contribution in [0.1, 0.15) is 37.7 Å². The highest BCUT2D eigenvalue weighted by atomic mass is 32.2. The molecule has 0 atom stereocenters. The molecular weight excluding hydrogens is 394 g/mol. The van der Waals surface area contributed by atoms with Gasteiger partial charge in [0.15, 0.2) is 6.61 Å². The third kappa shape index (κ3) is 5.14. The number of hydrogen-bond donors (Lipinski definition) is 0. The monoisotopic (exact) mass is 419 g/mol. The van der Waals surface area contributed by atoms with Crippen molar-refractivity contribution in [3.63, 3.8) is 0 Å². The van der Waals surface area contributed by atoms with Crippen molar-refractivity contribution in [1.82, 2.24) is 9.21 Å². The largest absolute Gasteiger partial charge is 0.455 e. The molecule has 2 fully saturated rings. The van der Waals surface area contributed by atoms with Gasteiger partial charge in [0.25, 0.3) is 5.91 Å². The van der Waals surface area contributed by atoms with E-state index in [0.29, 0.717) is 31.5 Å². The zero-order chi connectivity index (χ0) is 20.9. The molecule has 0 aromatic heterocycles. The number of likely N-dealkylation sites (tertiary alicyclic amines) is 1. The topological polar surface area (TPSA) is 108 Å². The van der Waals surface area contributed by atoms with Crippen LogP contribution in [0.2, 0.25) is 0 Å². The molecule has 0 N–H and O–H groups in total. The van der Waals surface area contributed by atoms with E-state index in [4.69, 9.17) is 10.00 Å². The first-order valence-electron chi connectivity index (χ1n) is 9.86. The lowest BCUT2D eigenvalue weighted by Crippen LogP contribution is -2.42. The summed E-state index contributed by atoms with van der Waals surface area (Å²) >= 11 is 0. The highest BCUT2D eigenvalue weighted by Gasteiger charge is 2.33. The standard InChI is InChI=1S/C20H25N3O5S/c21-14-16-4-6-18(7-5-16)29(26,27)23-12-8-17(9-13-23)20(25)28-15-19(24)22-10-2-1-3-11-22/h4-7,17H,1-3,8-13,15H2. The first-order chi connectivity index (χ1) is 13.9. The number of rotatable bonds is 5. The first kappa shape index (κ1) is 21.3. The second-order valence-corrected chi connectivity index (χ2v) is 9.30. The third-order valence-electron chi connectivity index (χ3n) is 5.46. The van der Waals surface area contributed by atoms with Gasteiger partial charge in [0.05, 0.1) is 22.4 Å². The van der Waals surface area contributed by atoms with Crippen molar-refractivity contribution in [2.45, 2.75) is 37.0 Å². The van der Waals surface area contributed by atoms with Crippen LogP contribution >= 0.6 is 0 Å². The first-order valence-corrected chi connectivity index (χ1v) is 11.3. The van der Waals surface area contributed by atoms with E-state index >= 15 is 0 Å². The Morgan fingerprint density at radius 1 is 1.03 bits per heavy atom. The number of benzene rings is 1. The summed E-state index contributed by atoms with van der Waals surface area (Å²) in [5.74, 6) is -1.01. The molecule has 2 heterocycles. The number of nitriles is 1. The van der Waals surface area contributed by atoms with Crippen molar-refractivity contribution >= 4 is 21.9 Å². The summed E-state index contributed by atoms with van der Waals surface area (Å²) in [5, 5.41) is 8.84. The zero-order valence-electron chi connectivity index (χ0n) is 16.2. The Balaban J connectivity index is 1.49. The lowest BCUT2D eigenvalue weighted by Gasteiger charge is -2.30. The van der Waals surface area contributed by atoms with Crippen LogP contribution in [0.25, 0.3) is 0 Å². The number of nitrogens with zero attached hydrogens (tertiary/aromatic N) is 3. The summed E-state index contributed by atoms with van der Waals surface area (Å²) < 4.78 is 32.0. The number of esters is 1. The molecule has 0 aliphatic carbocycles. The van der Waals surface area contributed by atoms with Crippen molar-refractivity contribution in [1.29, 1.82) is 5.26 Å². The highest BCUT2D eigenvalue weighted by molar-refractivity contribution is 7.89. The fourth-order valence-electron chi connectivity index (χ4n) is 3.67. The van der Waals surface area contributed by atoms with Gasteiger partial charge in [-0.15, -0.1) is 0 Å². The molecule has 1 aromatic rings. The van der Waals surface area contributed by atoms with Gasteiger partial charge in [-0.3, -0.25) is 9.59 Å². The van der Waals surface area contributed by atoms with Crippen molar-refractivity contribution in [2.75, 3.05) is 32.8 Å². The molecule has 29 heavy (non-hydrogen) atoms. The van der Waals surface area contributed by atoms with Crippen LogP contribution in [0.3, 0.4) is 0 Å². The van der Waals surface area contributed by atoms with Crippen molar-refractivity contribution in [2.24, 2.45) is 5.92 Å². The summed E-state index contributed by atoms with van der Waals surface area (Å²) in [6, 6.07) is 7.73. The molecule has 2 aliphatic rings. The highest BCUT2D eigenvalue weighted by Crippen LogP contribution is 2.25. The molecule has 156 valence electrons. The van der Waals surface area contributed by atoms with Crippen LogP contribution in [0.5, 0.6) is 0 Å². The van der Waals surface area contributed by atoms with Gasteiger partial charge in [-0.25, -0.2) is 8.42 Å². The van der Waals surface area contributed by atoms with Crippen LogP contribution in [0.4, 0.5) is 0 Å². The Morgan fingerprint density at radius 2 is 1.66 bits per heavy atom. The van der Waals surface area contributed by atoms with Gasteiger partial charge in [-0.05, 0) is 56.4 Å². The summed E-state index contributed by atoms with van der Waals surface area (Å²) in [4.78, 5) is 26.3. The predicted octanol–water partition coefficient (Wildman–Crippen LogP) is 1.51. The Labute approximate surface area is 171 Å². The van der Waals surface area contributed by atoms with Crippen LogP contribution in [-0.2, 0) is 24.3 Å². The van der Waals surface area contributed by atoms with Crippen LogP contribution in [0.15, 0.2) is 29.2 Å². The van der Waals surface area contributed by atoms with Gasteiger partial charge in [0, 0.05) is 26.2 Å². The molecule has 0 unspecified atom stereocenters. The fraction of sp³-hybridized carbons (Fsp3) is 0.550. The van der Waals surface area contributed by atoms with Crippen molar-refractivity contribution < 1.29 is 22.7 Å². The van der Waals surface area contributed by atoms with Gasteiger partial charge in [-0.1, -0.05) is 0 Å². The maximum absolute atomic E-state index is 12.7. The summed E-state index contributed by atoms with van der Waals surface area (Å²) in [5.41, 5.74) is 0.393. The molecule has 0 saturated carbocycles. The molecule has 0 bridgehead atoms. The van der Waals surface area contributed by atoms with E-state index in [1.807, 2.05) is 6.07 Å². The van der Waals surface area contributed by atoms with Gasteiger partial charge in [0.2, 0.25) is 10.0 Å². The lowest BCUT2D eigenvalue weighted by molar-refractivity contribution is -0.156. The molecule has 8 nitrogen and oxygen atoms in total. The quantitative estimate of drug-likeness (QED) is 0.670. The maximum Gasteiger partial charge on any atom is 0.309 e. The minimum absolute atomic E-state index is 0.129. The second kappa shape index (κ2) is 9.37. The van der Waals surface area contributed by atoms with Gasteiger partial charge in [-0.2, -0.15) is 9.57 Å². The van der Waals surface area contributed by atoms with E-state index in [1.54, 1.807) is 4.90 Å². The average Bonchev–Trinajstić information content (AvgIpc) is 2.78. The Kier molecular flexibility index (Phi) is 6.87. The predicted molar refractivity (Wildman–Crippen MR) is 104 cm³/mol. The van der Waals surface area contributed by atoms with Gasteiger partial charge in [0.1, 0.15) is 0 Å². The molecule has 2 aliphatic heterocycles. The number of carbonyl (C=O) groups is 2. The molecule has 1 amide bonds. The third-order valence-corrected chi connectivity index (χ3v) is 7.37. The van der Waals surface area contributed by atoms with E-state index < -0.39 is 21.9 Å². The summed E-state index contributed by atoms with van der Waals surface area (Å²) in [6.07, 6.45) is 3.78. The number of hydrogen-bond acceptors (Lipinski definition) is 6. The summed E-state index contributed by atoms with van der Waals surface area (Å²) in [7, 11) is -3.67. The average molecular weight is 420 g/mol. The number of sulfonamides is 1. The molecule has 0 radical (unpaired) electrons. The molecule has 9 heteroatoms. The zero-order valence-corrected chi connectivity index (χ0v) is 17.1. The Hall–Kier alpha value is -2.44. The van der Waals surface area contributed by atoms with E-state index in [1.165, 1.54) is 28.6 Å². The van der Waals surface area contributed by atoms with E-state index in [0.717, 1.165) is 19.3 Å². The number of carbonyl (C=O) groups excluding carboxylic acids is 2. The second-order valence-electron chi connectivity index (χ2n) is 7.36. The molecule has 1 aromatic carbocycles. The molecule has 2 saturated heterocycles. The Bertz CT molecular complexity index is 878. The van der Waals surface area contributed by atoms with E-state index in [9.17, 15) is 18.0 Å². The smallest absolute Gasteiger partial charge is 0.309 e. The van der Waals surface area contributed by atoms with Crippen molar-refractivity contribution in [3.05, 3.63) is 29.8 Å². The minimum Gasteiger partial charge on any atom is -0.455 e. The molecule has 0 spiro atoms. The maximum atomic E-state index is 12.7. The van der Waals surface area contributed by atoms with Crippen LogP contribution in [0, 0.1) is 17.2 Å². The molecule has 3 rings (SSSR count). The minimum atomic E-state index is -3.67. The van der Waals surface area contributed by atoms with Crippen LogP contribution in [-0.4, -0.2) is 62.3 Å². The van der Waals surface area contributed by atoms with Crippen LogP contribution < -0.4 is 0 Å². The van der Waals surface area contributed by atoms with Crippen molar-refractivity contribution in [3.8, 4) is 6.07 Å². The normalized spacial score (nSPS) is 18.8. The number of piperidine rings is 2. The van der Waals surface area contributed by atoms with E-state index in [-0.39, 0.29) is 30.5 Å².